The van der Waals surface area contributed by atoms with Gasteiger partial charge < -0.3 is 15.2 Å². The summed E-state index contributed by atoms with van der Waals surface area (Å²) in [7, 11) is 1.65. The SMILES string of the molecule is Cc1cc(=O)n(C)cc1NC(=O)NC(C)c1nc(C(C)(C)C)cs1. The molecule has 2 N–H and O–H groups in total. The molecule has 130 valence electrons. The number of amides is 2. The van der Waals surface area contributed by atoms with Gasteiger partial charge in [-0.25, -0.2) is 9.78 Å². The van der Waals surface area contributed by atoms with Gasteiger partial charge in [-0.15, -0.1) is 11.3 Å². The third-order valence-electron chi connectivity index (χ3n) is 3.69. The zero-order valence-corrected chi connectivity index (χ0v) is 15.7. The van der Waals surface area contributed by atoms with E-state index in [0.29, 0.717) is 5.69 Å². The van der Waals surface area contributed by atoms with Crippen molar-refractivity contribution in [3.05, 3.63) is 44.3 Å². The highest BCUT2D eigenvalue weighted by atomic mass is 32.1. The van der Waals surface area contributed by atoms with E-state index in [4.69, 9.17) is 0 Å². The summed E-state index contributed by atoms with van der Waals surface area (Å²) >= 11 is 1.54. The lowest BCUT2D eigenvalue weighted by atomic mass is 9.93. The topological polar surface area (TPSA) is 76.0 Å². The van der Waals surface area contributed by atoms with Gasteiger partial charge in [-0.3, -0.25) is 4.79 Å². The summed E-state index contributed by atoms with van der Waals surface area (Å²) in [5.41, 5.74) is 2.24. The van der Waals surface area contributed by atoms with Crippen LogP contribution in [0.2, 0.25) is 0 Å². The van der Waals surface area contributed by atoms with Gasteiger partial charge in [0.15, 0.2) is 0 Å². The van der Waals surface area contributed by atoms with Gasteiger partial charge in [0.1, 0.15) is 5.01 Å². The van der Waals surface area contributed by atoms with Crippen molar-refractivity contribution in [2.24, 2.45) is 7.05 Å². The second kappa shape index (κ2) is 6.76. The molecular weight excluding hydrogens is 324 g/mol. The lowest BCUT2D eigenvalue weighted by Gasteiger charge is -2.16. The van der Waals surface area contributed by atoms with Gasteiger partial charge in [0.25, 0.3) is 5.56 Å². The number of nitrogens with zero attached hydrogens (tertiary/aromatic N) is 2. The number of carbonyl (C=O) groups is 1. The van der Waals surface area contributed by atoms with Gasteiger partial charge in [-0.2, -0.15) is 0 Å². The number of nitrogens with one attached hydrogen (secondary N) is 2. The third-order valence-corrected chi connectivity index (χ3v) is 4.72. The van der Waals surface area contributed by atoms with Gasteiger partial charge in [0, 0.05) is 30.1 Å². The van der Waals surface area contributed by atoms with E-state index in [2.05, 4.69) is 36.4 Å². The maximum absolute atomic E-state index is 12.2. The van der Waals surface area contributed by atoms with E-state index in [1.807, 2.05) is 12.3 Å². The van der Waals surface area contributed by atoms with Crippen molar-refractivity contribution in [2.75, 3.05) is 5.32 Å². The molecule has 24 heavy (non-hydrogen) atoms. The van der Waals surface area contributed by atoms with E-state index < -0.39 is 0 Å². The van der Waals surface area contributed by atoms with Crippen LogP contribution in [0.25, 0.3) is 0 Å². The number of aryl methyl sites for hydroxylation is 2. The molecule has 2 aromatic heterocycles. The van der Waals surface area contributed by atoms with Gasteiger partial charge in [0.2, 0.25) is 0 Å². The first kappa shape index (κ1) is 18.2. The Kier molecular flexibility index (Phi) is 5.13. The minimum Gasteiger partial charge on any atom is -0.329 e. The molecule has 2 rings (SSSR count). The summed E-state index contributed by atoms with van der Waals surface area (Å²) in [6.45, 7) is 10.0. The standard InChI is InChI=1S/C17H24N4O2S/c1-10-7-14(22)21(6)8-12(10)19-16(23)18-11(2)15-20-13(9-24-15)17(3,4)5/h7-9,11H,1-6H3,(H2,18,19,23). The van der Waals surface area contributed by atoms with Crippen LogP contribution in [0.5, 0.6) is 0 Å². The van der Waals surface area contributed by atoms with Crippen molar-refractivity contribution in [1.82, 2.24) is 14.9 Å². The Bertz CT molecular complexity index is 802. The van der Waals surface area contributed by atoms with Crippen molar-refractivity contribution in [2.45, 2.75) is 46.1 Å². The molecule has 0 saturated heterocycles. The van der Waals surface area contributed by atoms with Crippen LogP contribution in [0.3, 0.4) is 0 Å². The fourth-order valence-electron chi connectivity index (χ4n) is 2.10. The Balaban J connectivity index is 2.06. The first-order valence-corrected chi connectivity index (χ1v) is 8.66. The van der Waals surface area contributed by atoms with Gasteiger partial charge >= 0.3 is 6.03 Å². The maximum atomic E-state index is 12.2. The van der Waals surface area contributed by atoms with Crippen LogP contribution in [0.1, 0.15) is 50.0 Å². The molecule has 0 saturated carbocycles. The number of carbonyl (C=O) groups excluding carboxylic acids is 1. The molecule has 2 aromatic rings. The lowest BCUT2D eigenvalue weighted by molar-refractivity contribution is 0.249. The van der Waals surface area contributed by atoms with Crippen LogP contribution in [0.4, 0.5) is 10.5 Å². The van der Waals surface area contributed by atoms with Crippen LogP contribution in [0, 0.1) is 6.92 Å². The first-order chi connectivity index (χ1) is 11.1. The minimum atomic E-state index is -0.322. The Hall–Kier alpha value is -2.15. The molecule has 0 aromatic carbocycles. The zero-order chi connectivity index (χ0) is 18.1. The molecule has 6 nitrogen and oxygen atoms in total. The average Bonchev–Trinajstić information content (AvgIpc) is 2.94. The quantitative estimate of drug-likeness (QED) is 0.893. The maximum Gasteiger partial charge on any atom is 0.319 e. The molecule has 0 aliphatic rings. The first-order valence-electron chi connectivity index (χ1n) is 7.78. The van der Waals surface area contributed by atoms with Crippen LogP contribution in [0.15, 0.2) is 22.4 Å². The van der Waals surface area contributed by atoms with E-state index >= 15 is 0 Å². The summed E-state index contributed by atoms with van der Waals surface area (Å²) in [5, 5.41) is 8.56. The molecule has 2 heterocycles. The largest absolute Gasteiger partial charge is 0.329 e. The highest BCUT2D eigenvalue weighted by Gasteiger charge is 2.20. The summed E-state index contributed by atoms with van der Waals surface area (Å²) < 4.78 is 1.43. The van der Waals surface area contributed by atoms with Gasteiger partial charge in [0.05, 0.1) is 17.4 Å². The number of aromatic nitrogens is 2. The lowest BCUT2D eigenvalue weighted by Crippen LogP contribution is -2.32. The van der Waals surface area contributed by atoms with E-state index in [1.54, 1.807) is 31.5 Å². The fourth-order valence-corrected chi connectivity index (χ4v) is 3.16. The van der Waals surface area contributed by atoms with Crippen LogP contribution in [-0.4, -0.2) is 15.6 Å². The second-order valence-electron chi connectivity index (χ2n) is 6.96. The van der Waals surface area contributed by atoms with E-state index in [0.717, 1.165) is 16.3 Å². The van der Waals surface area contributed by atoms with Crippen molar-refractivity contribution in [3.63, 3.8) is 0 Å². The van der Waals surface area contributed by atoms with Crippen LogP contribution >= 0.6 is 11.3 Å². The number of anilines is 1. The van der Waals surface area contributed by atoms with Crippen molar-refractivity contribution < 1.29 is 4.79 Å². The summed E-state index contributed by atoms with van der Waals surface area (Å²) in [6.07, 6.45) is 1.61. The van der Waals surface area contributed by atoms with Crippen LogP contribution in [-0.2, 0) is 12.5 Å². The molecule has 1 atom stereocenters. The number of hydrogen-bond acceptors (Lipinski definition) is 4. The smallest absolute Gasteiger partial charge is 0.319 e. The third kappa shape index (κ3) is 4.23. The number of rotatable bonds is 3. The van der Waals surface area contributed by atoms with E-state index in [1.165, 1.54) is 10.6 Å². The number of urea groups is 1. The predicted molar refractivity (Wildman–Crippen MR) is 97.8 cm³/mol. The Morgan fingerprint density at radius 1 is 1.38 bits per heavy atom. The normalized spacial score (nSPS) is 12.8. The molecule has 0 spiro atoms. The summed E-state index contributed by atoms with van der Waals surface area (Å²) in [5.74, 6) is 0. The predicted octanol–water partition coefficient (Wildman–Crippen LogP) is 3.33. The van der Waals surface area contributed by atoms with E-state index in [9.17, 15) is 9.59 Å². The van der Waals surface area contributed by atoms with Crippen molar-refractivity contribution >= 4 is 23.1 Å². The summed E-state index contributed by atoms with van der Waals surface area (Å²) in [6, 6.07) is 0.978. The highest BCUT2D eigenvalue weighted by molar-refractivity contribution is 7.09. The molecule has 7 heteroatoms. The molecular formula is C17H24N4O2S. The highest BCUT2D eigenvalue weighted by Crippen LogP contribution is 2.26. The number of hydrogen-bond donors (Lipinski definition) is 2. The minimum absolute atomic E-state index is 0.0112. The Morgan fingerprint density at radius 2 is 2.04 bits per heavy atom. The summed E-state index contributed by atoms with van der Waals surface area (Å²) in [4.78, 5) is 28.4. The molecule has 0 bridgehead atoms. The number of pyridine rings is 1. The van der Waals surface area contributed by atoms with Gasteiger partial charge in [-0.05, 0) is 19.4 Å². The second-order valence-corrected chi connectivity index (χ2v) is 7.85. The number of thiazole rings is 1. The Labute approximate surface area is 145 Å². The zero-order valence-electron chi connectivity index (χ0n) is 14.9. The molecule has 0 aliphatic carbocycles. The molecule has 1 unspecified atom stereocenters. The van der Waals surface area contributed by atoms with E-state index in [-0.39, 0.29) is 23.0 Å². The fraction of sp³-hybridized carbons (Fsp3) is 0.471. The van der Waals surface area contributed by atoms with Gasteiger partial charge in [-0.1, -0.05) is 20.8 Å². The Morgan fingerprint density at radius 3 is 2.62 bits per heavy atom. The van der Waals surface area contributed by atoms with Crippen molar-refractivity contribution in [3.8, 4) is 0 Å². The average molecular weight is 348 g/mol. The molecule has 2 amide bonds. The monoisotopic (exact) mass is 348 g/mol. The molecule has 0 aliphatic heterocycles. The molecule has 0 fully saturated rings. The van der Waals surface area contributed by atoms with Crippen molar-refractivity contribution in [1.29, 1.82) is 0 Å². The van der Waals surface area contributed by atoms with Crippen LogP contribution < -0.4 is 16.2 Å². The molecule has 0 radical (unpaired) electrons.